The second-order valence-electron chi connectivity index (χ2n) is 6.39. The zero-order chi connectivity index (χ0) is 17.6. The molecule has 2 aromatic rings. The number of ether oxygens (including phenoxy) is 1. The van der Waals surface area contributed by atoms with E-state index in [-0.39, 0.29) is 12.4 Å². The first-order valence-corrected chi connectivity index (χ1v) is 8.87. The minimum Gasteiger partial charge on any atom is -0.380 e. The molecule has 5 heteroatoms. The van der Waals surface area contributed by atoms with Crippen LogP contribution in [0.3, 0.4) is 0 Å². The largest absolute Gasteiger partial charge is 0.380 e. The molecule has 0 unspecified atom stereocenters. The lowest BCUT2D eigenvalue weighted by Gasteiger charge is -2.30. The maximum atomic E-state index is 8.94. The molecule has 0 aromatic heterocycles. The van der Waals surface area contributed by atoms with Crippen LogP contribution in [0, 0.1) is 11.3 Å². The first kappa shape index (κ1) is 20.3. The van der Waals surface area contributed by atoms with Gasteiger partial charge in [0.25, 0.3) is 0 Å². The molecular formula is C21H26ClN3O. The van der Waals surface area contributed by atoms with Gasteiger partial charge in [0.2, 0.25) is 0 Å². The third-order valence-electron chi connectivity index (χ3n) is 4.81. The normalized spacial score (nSPS) is 13.4. The van der Waals surface area contributed by atoms with Crippen LogP contribution >= 0.6 is 12.4 Å². The summed E-state index contributed by atoms with van der Waals surface area (Å²) in [6.07, 6.45) is 1.10. The van der Waals surface area contributed by atoms with Gasteiger partial charge in [0.1, 0.15) is 0 Å². The van der Waals surface area contributed by atoms with Gasteiger partial charge in [-0.2, -0.15) is 5.26 Å². The molecule has 0 fully saturated rings. The summed E-state index contributed by atoms with van der Waals surface area (Å²) >= 11 is 0. The summed E-state index contributed by atoms with van der Waals surface area (Å²) in [6, 6.07) is 16.6. The average molecular weight is 372 g/mol. The van der Waals surface area contributed by atoms with E-state index in [9.17, 15) is 0 Å². The Kier molecular flexibility index (Phi) is 7.47. The van der Waals surface area contributed by atoms with Gasteiger partial charge >= 0.3 is 0 Å². The highest BCUT2D eigenvalue weighted by Crippen LogP contribution is 2.28. The lowest BCUT2D eigenvalue weighted by Crippen LogP contribution is -2.33. The van der Waals surface area contributed by atoms with Crippen molar-refractivity contribution in [3.05, 3.63) is 59.2 Å². The van der Waals surface area contributed by atoms with E-state index in [1.807, 2.05) is 31.2 Å². The molecule has 1 aliphatic rings. The van der Waals surface area contributed by atoms with Gasteiger partial charge in [0.05, 0.1) is 18.2 Å². The Hall–Kier alpha value is -2.06. The van der Waals surface area contributed by atoms with Crippen molar-refractivity contribution in [1.29, 1.82) is 5.26 Å². The number of rotatable bonds is 6. The van der Waals surface area contributed by atoms with E-state index in [0.717, 1.165) is 45.0 Å². The lowest BCUT2D eigenvalue weighted by atomic mass is 9.98. The fourth-order valence-corrected chi connectivity index (χ4v) is 3.25. The molecule has 1 heterocycles. The molecule has 0 atom stereocenters. The number of nitrogens with zero attached hydrogens (tertiary/aromatic N) is 3. The summed E-state index contributed by atoms with van der Waals surface area (Å²) in [5, 5.41) is 8.94. The zero-order valence-electron chi connectivity index (χ0n) is 15.4. The summed E-state index contributed by atoms with van der Waals surface area (Å²) in [4.78, 5) is 4.63. The molecule has 0 saturated carbocycles. The Labute approximate surface area is 162 Å². The summed E-state index contributed by atoms with van der Waals surface area (Å²) in [6.45, 7) is 6.70. The van der Waals surface area contributed by atoms with E-state index >= 15 is 0 Å². The van der Waals surface area contributed by atoms with Gasteiger partial charge in [-0.1, -0.05) is 6.07 Å². The van der Waals surface area contributed by atoms with Gasteiger partial charge in [-0.25, -0.2) is 0 Å². The Morgan fingerprint density at radius 3 is 2.54 bits per heavy atom. The third-order valence-corrected chi connectivity index (χ3v) is 4.81. The summed E-state index contributed by atoms with van der Waals surface area (Å²) in [5.74, 6) is 0. The van der Waals surface area contributed by atoms with Crippen molar-refractivity contribution in [2.24, 2.45) is 0 Å². The predicted octanol–water partition coefficient (Wildman–Crippen LogP) is 4.14. The number of nitriles is 1. The van der Waals surface area contributed by atoms with Crippen molar-refractivity contribution in [2.45, 2.75) is 19.9 Å². The van der Waals surface area contributed by atoms with E-state index in [2.05, 4.69) is 41.1 Å². The van der Waals surface area contributed by atoms with Gasteiger partial charge in [0.15, 0.2) is 0 Å². The lowest BCUT2D eigenvalue weighted by molar-refractivity contribution is 0.108. The minimum atomic E-state index is 0. The van der Waals surface area contributed by atoms with Crippen molar-refractivity contribution >= 4 is 23.8 Å². The zero-order valence-corrected chi connectivity index (χ0v) is 16.3. The standard InChI is InChI=1S/C21H25N3O.ClH/c1-3-25-13-12-24-11-10-18-6-9-21(14-19(18)16-24)23(2)20-7-4-17(15-22)5-8-20;/h4-9,14H,3,10-13,16H2,1-2H3;1H. The topological polar surface area (TPSA) is 39.5 Å². The van der Waals surface area contributed by atoms with Gasteiger partial charge in [-0.3, -0.25) is 4.90 Å². The van der Waals surface area contributed by atoms with E-state index in [4.69, 9.17) is 10.00 Å². The SMILES string of the molecule is CCOCCN1CCc2ccc(N(C)c3ccc(C#N)cc3)cc2C1.Cl. The van der Waals surface area contributed by atoms with Crippen molar-refractivity contribution < 1.29 is 4.74 Å². The number of benzene rings is 2. The molecule has 4 nitrogen and oxygen atoms in total. The fourth-order valence-electron chi connectivity index (χ4n) is 3.25. The van der Waals surface area contributed by atoms with Crippen molar-refractivity contribution in [1.82, 2.24) is 4.90 Å². The first-order valence-electron chi connectivity index (χ1n) is 8.87. The summed E-state index contributed by atoms with van der Waals surface area (Å²) in [5.41, 5.74) is 5.80. The highest BCUT2D eigenvalue weighted by molar-refractivity contribution is 5.85. The molecule has 0 N–H and O–H groups in total. The van der Waals surface area contributed by atoms with Crippen LogP contribution in [0.4, 0.5) is 11.4 Å². The molecular weight excluding hydrogens is 346 g/mol. The molecule has 138 valence electrons. The molecule has 0 bridgehead atoms. The van der Waals surface area contributed by atoms with E-state index in [0.29, 0.717) is 5.56 Å². The molecule has 0 radical (unpaired) electrons. The summed E-state index contributed by atoms with van der Waals surface area (Å²) in [7, 11) is 2.07. The quantitative estimate of drug-likeness (QED) is 0.715. The molecule has 3 rings (SSSR count). The molecule has 0 saturated heterocycles. The number of hydrogen-bond donors (Lipinski definition) is 0. The van der Waals surface area contributed by atoms with Crippen LogP contribution in [0.2, 0.25) is 0 Å². The van der Waals surface area contributed by atoms with Crippen molar-refractivity contribution in [2.75, 3.05) is 38.3 Å². The Morgan fingerprint density at radius 2 is 1.85 bits per heavy atom. The Balaban J connectivity index is 0.00000243. The Morgan fingerprint density at radius 1 is 1.12 bits per heavy atom. The molecule has 2 aromatic carbocycles. The Bertz CT molecular complexity index is 755. The maximum absolute atomic E-state index is 8.94. The summed E-state index contributed by atoms with van der Waals surface area (Å²) < 4.78 is 5.49. The van der Waals surface area contributed by atoms with Crippen molar-refractivity contribution in [3.63, 3.8) is 0 Å². The number of fused-ring (bicyclic) bond motifs is 1. The average Bonchev–Trinajstić information content (AvgIpc) is 2.67. The van der Waals surface area contributed by atoms with Gasteiger partial charge < -0.3 is 9.64 Å². The molecule has 26 heavy (non-hydrogen) atoms. The van der Waals surface area contributed by atoms with Gasteiger partial charge in [0, 0.05) is 44.7 Å². The number of anilines is 2. The van der Waals surface area contributed by atoms with Crippen LogP contribution in [0.1, 0.15) is 23.6 Å². The molecule has 0 spiro atoms. The first-order chi connectivity index (χ1) is 12.2. The second-order valence-corrected chi connectivity index (χ2v) is 6.39. The van der Waals surface area contributed by atoms with Gasteiger partial charge in [-0.05, 0) is 60.9 Å². The minimum absolute atomic E-state index is 0. The molecule has 1 aliphatic heterocycles. The number of hydrogen-bond acceptors (Lipinski definition) is 4. The highest BCUT2D eigenvalue weighted by Gasteiger charge is 2.17. The van der Waals surface area contributed by atoms with E-state index in [1.54, 1.807) is 0 Å². The number of halogens is 1. The van der Waals surface area contributed by atoms with E-state index < -0.39 is 0 Å². The van der Waals surface area contributed by atoms with E-state index in [1.165, 1.54) is 16.8 Å². The monoisotopic (exact) mass is 371 g/mol. The van der Waals surface area contributed by atoms with Crippen LogP contribution in [0.25, 0.3) is 0 Å². The van der Waals surface area contributed by atoms with Crippen LogP contribution in [0.15, 0.2) is 42.5 Å². The van der Waals surface area contributed by atoms with Crippen LogP contribution < -0.4 is 4.90 Å². The third kappa shape index (κ3) is 4.76. The van der Waals surface area contributed by atoms with Crippen molar-refractivity contribution in [3.8, 4) is 6.07 Å². The van der Waals surface area contributed by atoms with Gasteiger partial charge in [-0.15, -0.1) is 12.4 Å². The molecule has 0 amide bonds. The van der Waals surface area contributed by atoms with Crippen LogP contribution in [0.5, 0.6) is 0 Å². The maximum Gasteiger partial charge on any atom is 0.0991 e. The van der Waals surface area contributed by atoms with Crippen LogP contribution in [-0.4, -0.2) is 38.3 Å². The predicted molar refractivity (Wildman–Crippen MR) is 108 cm³/mol. The van der Waals surface area contributed by atoms with Crippen LogP contribution in [-0.2, 0) is 17.7 Å². The molecule has 0 aliphatic carbocycles. The highest BCUT2D eigenvalue weighted by atomic mass is 35.5. The fraction of sp³-hybridized carbons (Fsp3) is 0.381. The smallest absolute Gasteiger partial charge is 0.0991 e. The second kappa shape index (κ2) is 9.59.